The maximum absolute atomic E-state index is 5.86. The Bertz CT molecular complexity index is 381. The molecular formula is C15H24N2. The van der Waals surface area contributed by atoms with Crippen LogP contribution in [-0.2, 0) is 6.54 Å². The van der Waals surface area contributed by atoms with E-state index in [1.807, 2.05) is 6.07 Å². The van der Waals surface area contributed by atoms with Crippen LogP contribution < -0.4 is 5.73 Å². The highest BCUT2D eigenvalue weighted by molar-refractivity contribution is 5.47. The molecule has 1 saturated carbocycles. The molecule has 0 bridgehead atoms. The zero-order valence-corrected chi connectivity index (χ0v) is 11.2. The van der Waals surface area contributed by atoms with Gasteiger partial charge >= 0.3 is 0 Å². The van der Waals surface area contributed by atoms with Crippen LogP contribution in [0.2, 0.25) is 0 Å². The summed E-state index contributed by atoms with van der Waals surface area (Å²) in [5.41, 5.74) is 9.35. The van der Waals surface area contributed by atoms with Gasteiger partial charge in [-0.25, -0.2) is 0 Å². The number of hydrogen-bond acceptors (Lipinski definition) is 2. The standard InChI is InChI=1S/C15H24N2/c1-11(2)9-17(14-5-6-14)10-13-4-7-15(16)12(3)8-13/h4,7-8,11,14H,5-6,9-10,16H2,1-3H3. The fraction of sp³-hybridized carbons (Fsp3) is 0.600. The molecule has 0 amide bonds. The number of anilines is 1. The molecule has 1 aliphatic rings. The Hall–Kier alpha value is -1.02. The van der Waals surface area contributed by atoms with Crippen molar-refractivity contribution in [2.24, 2.45) is 5.92 Å². The fourth-order valence-electron chi connectivity index (χ4n) is 2.32. The van der Waals surface area contributed by atoms with Crippen LogP contribution in [0.5, 0.6) is 0 Å². The maximum atomic E-state index is 5.86. The lowest BCUT2D eigenvalue weighted by molar-refractivity contribution is 0.226. The van der Waals surface area contributed by atoms with Crippen molar-refractivity contribution in [3.8, 4) is 0 Å². The van der Waals surface area contributed by atoms with E-state index in [-0.39, 0.29) is 0 Å². The van der Waals surface area contributed by atoms with Crippen molar-refractivity contribution in [3.63, 3.8) is 0 Å². The Balaban J connectivity index is 2.03. The van der Waals surface area contributed by atoms with Gasteiger partial charge in [-0.05, 0) is 42.9 Å². The summed E-state index contributed by atoms with van der Waals surface area (Å²) in [4.78, 5) is 2.62. The zero-order valence-electron chi connectivity index (χ0n) is 11.2. The first-order valence-corrected chi connectivity index (χ1v) is 6.65. The van der Waals surface area contributed by atoms with Gasteiger partial charge in [-0.3, -0.25) is 4.90 Å². The first-order valence-electron chi connectivity index (χ1n) is 6.65. The second kappa shape index (κ2) is 5.09. The number of hydrogen-bond donors (Lipinski definition) is 1. The minimum absolute atomic E-state index is 0.741. The van der Waals surface area contributed by atoms with Gasteiger partial charge in [-0.1, -0.05) is 26.0 Å². The number of rotatable bonds is 5. The van der Waals surface area contributed by atoms with Gasteiger partial charge in [0, 0.05) is 24.8 Å². The monoisotopic (exact) mass is 232 g/mol. The van der Waals surface area contributed by atoms with E-state index in [4.69, 9.17) is 5.73 Å². The predicted molar refractivity (Wildman–Crippen MR) is 73.9 cm³/mol. The van der Waals surface area contributed by atoms with Crippen LogP contribution in [0, 0.1) is 12.8 Å². The first-order chi connectivity index (χ1) is 8.06. The highest BCUT2D eigenvalue weighted by Gasteiger charge is 2.29. The Morgan fingerprint density at radius 2 is 2.06 bits per heavy atom. The molecule has 94 valence electrons. The lowest BCUT2D eigenvalue weighted by atomic mass is 10.1. The molecule has 2 rings (SSSR count). The number of nitrogens with zero attached hydrogens (tertiary/aromatic N) is 1. The second-order valence-corrected chi connectivity index (χ2v) is 5.75. The number of benzene rings is 1. The molecule has 17 heavy (non-hydrogen) atoms. The summed E-state index contributed by atoms with van der Waals surface area (Å²) >= 11 is 0. The molecule has 0 aliphatic heterocycles. The van der Waals surface area contributed by atoms with Crippen molar-refractivity contribution in [3.05, 3.63) is 29.3 Å². The fourth-order valence-corrected chi connectivity index (χ4v) is 2.32. The highest BCUT2D eigenvalue weighted by atomic mass is 15.2. The van der Waals surface area contributed by atoms with E-state index < -0.39 is 0 Å². The molecular weight excluding hydrogens is 208 g/mol. The topological polar surface area (TPSA) is 29.3 Å². The molecule has 0 atom stereocenters. The average molecular weight is 232 g/mol. The van der Waals surface area contributed by atoms with Gasteiger partial charge < -0.3 is 5.73 Å². The highest BCUT2D eigenvalue weighted by Crippen LogP contribution is 2.29. The van der Waals surface area contributed by atoms with E-state index in [0.717, 1.165) is 24.2 Å². The van der Waals surface area contributed by atoms with E-state index >= 15 is 0 Å². The van der Waals surface area contributed by atoms with Gasteiger partial charge in [-0.2, -0.15) is 0 Å². The summed E-state index contributed by atoms with van der Waals surface area (Å²) < 4.78 is 0. The third-order valence-corrected chi connectivity index (χ3v) is 3.38. The summed E-state index contributed by atoms with van der Waals surface area (Å²) in [5, 5.41) is 0. The molecule has 0 saturated heterocycles. The first kappa shape index (κ1) is 12.4. The van der Waals surface area contributed by atoms with E-state index in [0.29, 0.717) is 0 Å². The minimum Gasteiger partial charge on any atom is -0.399 e. The third kappa shape index (κ3) is 3.47. The maximum Gasteiger partial charge on any atom is 0.0343 e. The Morgan fingerprint density at radius 1 is 1.35 bits per heavy atom. The molecule has 1 aromatic carbocycles. The van der Waals surface area contributed by atoms with E-state index in [1.54, 1.807) is 0 Å². The second-order valence-electron chi connectivity index (χ2n) is 5.75. The minimum atomic E-state index is 0.741. The molecule has 0 aromatic heterocycles. The quantitative estimate of drug-likeness (QED) is 0.790. The molecule has 1 aromatic rings. The van der Waals surface area contributed by atoms with Crippen LogP contribution in [0.25, 0.3) is 0 Å². The van der Waals surface area contributed by atoms with Gasteiger partial charge in [-0.15, -0.1) is 0 Å². The Kier molecular flexibility index (Phi) is 3.72. The molecule has 0 unspecified atom stereocenters. The largest absolute Gasteiger partial charge is 0.399 e. The van der Waals surface area contributed by atoms with Gasteiger partial charge in [0.25, 0.3) is 0 Å². The van der Waals surface area contributed by atoms with E-state index in [1.165, 1.54) is 30.5 Å². The summed E-state index contributed by atoms with van der Waals surface area (Å²) in [6.45, 7) is 8.95. The molecule has 2 nitrogen and oxygen atoms in total. The van der Waals surface area contributed by atoms with Crippen LogP contribution in [0.3, 0.4) is 0 Å². The lowest BCUT2D eigenvalue weighted by Crippen LogP contribution is -2.29. The van der Waals surface area contributed by atoms with Gasteiger partial charge in [0.2, 0.25) is 0 Å². The van der Waals surface area contributed by atoms with E-state index in [9.17, 15) is 0 Å². The van der Waals surface area contributed by atoms with Crippen LogP contribution in [0.15, 0.2) is 18.2 Å². The van der Waals surface area contributed by atoms with Crippen LogP contribution >= 0.6 is 0 Å². The van der Waals surface area contributed by atoms with Crippen LogP contribution in [-0.4, -0.2) is 17.5 Å². The lowest BCUT2D eigenvalue weighted by Gasteiger charge is -2.24. The van der Waals surface area contributed by atoms with Gasteiger partial charge in [0.15, 0.2) is 0 Å². The van der Waals surface area contributed by atoms with Crippen molar-refractivity contribution in [1.82, 2.24) is 4.90 Å². The smallest absolute Gasteiger partial charge is 0.0343 e. The number of nitrogens with two attached hydrogens (primary N) is 1. The molecule has 0 radical (unpaired) electrons. The SMILES string of the molecule is Cc1cc(CN(CC(C)C)C2CC2)ccc1N. The Morgan fingerprint density at radius 3 is 2.59 bits per heavy atom. The average Bonchev–Trinajstić information content (AvgIpc) is 3.05. The van der Waals surface area contributed by atoms with Gasteiger partial charge in [0.05, 0.1) is 0 Å². The molecule has 0 spiro atoms. The van der Waals surface area contributed by atoms with Gasteiger partial charge in [0.1, 0.15) is 0 Å². The van der Waals surface area contributed by atoms with Crippen molar-refractivity contribution in [2.75, 3.05) is 12.3 Å². The van der Waals surface area contributed by atoms with Crippen LogP contribution in [0.4, 0.5) is 5.69 Å². The van der Waals surface area contributed by atoms with Crippen molar-refractivity contribution in [1.29, 1.82) is 0 Å². The zero-order chi connectivity index (χ0) is 12.4. The molecule has 1 aliphatic carbocycles. The van der Waals surface area contributed by atoms with Crippen molar-refractivity contribution in [2.45, 2.75) is 46.2 Å². The van der Waals surface area contributed by atoms with E-state index in [2.05, 4.69) is 37.8 Å². The molecule has 2 heteroatoms. The molecule has 2 N–H and O–H groups in total. The molecule has 1 fully saturated rings. The number of nitrogen functional groups attached to an aromatic ring is 1. The molecule has 0 heterocycles. The summed E-state index contributed by atoms with van der Waals surface area (Å²) in [6, 6.07) is 7.25. The summed E-state index contributed by atoms with van der Waals surface area (Å²) in [7, 11) is 0. The Labute approximate surface area is 105 Å². The summed E-state index contributed by atoms with van der Waals surface area (Å²) in [5.74, 6) is 0.741. The van der Waals surface area contributed by atoms with Crippen molar-refractivity contribution >= 4 is 5.69 Å². The van der Waals surface area contributed by atoms with Crippen LogP contribution in [0.1, 0.15) is 37.8 Å². The number of aryl methyl sites for hydroxylation is 1. The normalized spacial score (nSPS) is 15.8. The van der Waals surface area contributed by atoms with Crippen molar-refractivity contribution < 1.29 is 0 Å². The summed E-state index contributed by atoms with van der Waals surface area (Å²) in [6.07, 6.45) is 2.75. The predicted octanol–water partition coefficient (Wildman–Crippen LogP) is 3.20. The third-order valence-electron chi connectivity index (χ3n) is 3.38.